The predicted molar refractivity (Wildman–Crippen MR) is 73.2 cm³/mol. The Morgan fingerprint density at radius 1 is 1.21 bits per heavy atom. The van der Waals surface area contributed by atoms with Gasteiger partial charge in [-0.1, -0.05) is 30.3 Å². The zero-order chi connectivity index (χ0) is 13.8. The second-order valence-electron chi connectivity index (χ2n) is 3.97. The number of ketones is 1. The van der Waals surface area contributed by atoms with Crippen LogP contribution in [0, 0.1) is 17.1 Å². The summed E-state index contributed by atoms with van der Waals surface area (Å²) in [5.41, 5.74) is 0.944. The van der Waals surface area contributed by atoms with Gasteiger partial charge in [0, 0.05) is 5.56 Å². The van der Waals surface area contributed by atoms with Crippen LogP contribution in [0.25, 0.3) is 0 Å². The Kier molecular flexibility index (Phi) is 4.08. The Balaban J connectivity index is 2.37. The lowest BCUT2D eigenvalue weighted by Gasteiger charge is -2.09. The van der Waals surface area contributed by atoms with E-state index in [1.54, 1.807) is 24.3 Å². The molecule has 0 radical (unpaired) electrons. The minimum atomic E-state index is -0.876. The number of Topliss-reactive ketones (excluding diaryl/α,β-unsaturated/α-hetero) is 1. The van der Waals surface area contributed by atoms with Crippen molar-refractivity contribution in [2.45, 2.75) is 5.92 Å². The van der Waals surface area contributed by atoms with Crippen LogP contribution in [0.5, 0.6) is 0 Å². The molecule has 0 saturated carbocycles. The number of nitriles is 1. The lowest BCUT2D eigenvalue weighted by atomic mass is 9.92. The first-order valence-corrected chi connectivity index (χ1v) is 6.36. The summed E-state index contributed by atoms with van der Waals surface area (Å²) < 4.78 is 13.4. The average molecular weight is 318 g/mol. The summed E-state index contributed by atoms with van der Waals surface area (Å²) >= 11 is 3.03. The third-order valence-electron chi connectivity index (χ3n) is 2.73. The van der Waals surface area contributed by atoms with Crippen molar-refractivity contribution in [1.82, 2.24) is 0 Å². The van der Waals surface area contributed by atoms with Crippen LogP contribution in [-0.4, -0.2) is 5.78 Å². The zero-order valence-electron chi connectivity index (χ0n) is 9.81. The number of hydrogen-bond donors (Lipinski definition) is 0. The van der Waals surface area contributed by atoms with Gasteiger partial charge >= 0.3 is 0 Å². The molecule has 0 N–H and O–H groups in total. The molecule has 0 heterocycles. The van der Waals surface area contributed by atoms with Gasteiger partial charge in [0.1, 0.15) is 11.7 Å². The van der Waals surface area contributed by atoms with E-state index >= 15 is 0 Å². The van der Waals surface area contributed by atoms with Gasteiger partial charge in [-0.2, -0.15) is 5.26 Å². The van der Waals surface area contributed by atoms with E-state index in [-0.39, 0.29) is 10.3 Å². The van der Waals surface area contributed by atoms with Crippen molar-refractivity contribution in [3.8, 4) is 6.07 Å². The zero-order valence-corrected chi connectivity index (χ0v) is 11.4. The lowest BCUT2D eigenvalue weighted by Crippen LogP contribution is -2.11. The van der Waals surface area contributed by atoms with Gasteiger partial charge in [-0.05, 0) is 39.7 Å². The van der Waals surface area contributed by atoms with E-state index in [0.717, 1.165) is 0 Å². The van der Waals surface area contributed by atoms with Gasteiger partial charge in [-0.15, -0.1) is 0 Å². The fourth-order valence-electron chi connectivity index (χ4n) is 1.75. The molecule has 1 atom stereocenters. The lowest BCUT2D eigenvalue weighted by molar-refractivity contribution is 0.0979. The number of carbonyl (C=O) groups excluding carboxylic acids is 1. The van der Waals surface area contributed by atoms with E-state index in [9.17, 15) is 14.4 Å². The maximum absolute atomic E-state index is 13.1. The second-order valence-corrected chi connectivity index (χ2v) is 4.82. The molecular formula is C15H9BrFNO. The maximum Gasteiger partial charge on any atom is 0.184 e. The van der Waals surface area contributed by atoms with E-state index in [0.29, 0.717) is 11.1 Å². The molecule has 0 spiro atoms. The van der Waals surface area contributed by atoms with Crippen LogP contribution in [0.2, 0.25) is 0 Å². The first-order valence-electron chi connectivity index (χ1n) is 5.57. The highest BCUT2D eigenvalue weighted by Gasteiger charge is 2.22. The quantitative estimate of drug-likeness (QED) is 0.800. The molecule has 19 heavy (non-hydrogen) atoms. The van der Waals surface area contributed by atoms with Crippen LogP contribution in [0.4, 0.5) is 4.39 Å². The van der Waals surface area contributed by atoms with E-state index in [4.69, 9.17) is 0 Å². The highest BCUT2D eigenvalue weighted by molar-refractivity contribution is 9.10. The topological polar surface area (TPSA) is 40.9 Å². The van der Waals surface area contributed by atoms with Crippen molar-refractivity contribution in [3.63, 3.8) is 0 Å². The van der Waals surface area contributed by atoms with Crippen LogP contribution in [0.3, 0.4) is 0 Å². The Bertz CT molecular complexity index is 649. The number of nitrogens with zero attached hydrogens (tertiary/aromatic N) is 1. The third-order valence-corrected chi connectivity index (χ3v) is 3.34. The summed E-state index contributed by atoms with van der Waals surface area (Å²) in [5, 5.41) is 9.18. The van der Waals surface area contributed by atoms with Crippen molar-refractivity contribution in [2.24, 2.45) is 0 Å². The van der Waals surface area contributed by atoms with E-state index in [2.05, 4.69) is 15.9 Å². The van der Waals surface area contributed by atoms with Crippen LogP contribution in [0.1, 0.15) is 21.8 Å². The van der Waals surface area contributed by atoms with Crippen molar-refractivity contribution in [1.29, 1.82) is 5.26 Å². The summed E-state index contributed by atoms with van der Waals surface area (Å²) in [5.74, 6) is -1.65. The Morgan fingerprint density at radius 2 is 1.89 bits per heavy atom. The molecule has 2 aromatic rings. The fourth-order valence-corrected chi connectivity index (χ4v) is 2.12. The molecule has 0 saturated heterocycles. The van der Waals surface area contributed by atoms with Crippen molar-refractivity contribution < 1.29 is 9.18 Å². The van der Waals surface area contributed by atoms with Gasteiger partial charge in [0.05, 0.1) is 10.5 Å². The first kappa shape index (κ1) is 13.4. The smallest absolute Gasteiger partial charge is 0.184 e. The second kappa shape index (κ2) is 5.77. The van der Waals surface area contributed by atoms with Crippen LogP contribution in [-0.2, 0) is 0 Å². The number of rotatable bonds is 3. The van der Waals surface area contributed by atoms with Gasteiger partial charge in [-0.3, -0.25) is 4.79 Å². The summed E-state index contributed by atoms with van der Waals surface area (Å²) in [6, 6.07) is 14.8. The van der Waals surface area contributed by atoms with Crippen LogP contribution in [0.15, 0.2) is 53.0 Å². The monoisotopic (exact) mass is 317 g/mol. The Hall–Kier alpha value is -1.99. The molecule has 0 aliphatic carbocycles. The molecule has 4 heteroatoms. The predicted octanol–water partition coefficient (Wildman–Crippen LogP) is 4.08. The Morgan fingerprint density at radius 3 is 2.47 bits per heavy atom. The highest BCUT2D eigenvalue weighted by Crippen LogP contribution is 2.23. The van der Waals surface area contributed by atoms with E-state index in [1.807, 2.05) is 12.1 Å². The molecule has 0 bridgehead atoms. The molecule has 0 amide bonds. The minimum Gasteiger partial charge on any atom is -0.292 e. The van der Waals surface area contributed by atoms with Crippen molar-refractivity contribution >= 4 is 21.7 Å². The fraction of sp³-hybridized carbons (Fsp3) is 0.0667. The SMILES string of the molecule is N#CC(C(=O)c1ccc(F)c(Br)c1)c1ccccc1. The first-order chi connectivity index (χ1) is 9.13. The molecule has 2 rings (SSSR count). The molecule has 0 aliphatic rings. The highest BCUT2D eigenvalue weighted by atomic mass is 79.9. The molecule has 0 aliphatic heterocycles. The van der Waals surface area contributed by atoms with Gasteiger partial charge in [0.2, 0.25) is 0 Å². The molecule has 1 unspecified atom stereocenters. The summed E-state index contributed by atoms with van der Waals surface area (Å²) in [6.45, 7) is 0. The van der Waals surface area contributed by atoms with Crippen LogP contribution < -0.4 is 0 Å². The van der Waals surface area contributed by atoms with Crippen LogP contribution >= 0.6 is 15.9 Å². The summed E-state index contributed by atoms with van der Waals surface area (Å²) in [7, 11) is 0. The van der Waals surface area contributed by atoms with E-state index in [1.165, 1.54) is 18.2 Å². The van der Waals surface area contributed by atoms with Gasteiger partial charge in [0.15, 0.2) is 5.78 Å². The largest absolute Gasteiger partial charge is 0.292 e. The number of halogens is 2. The van der Waals surface area contributed by atoms with E-state index < -0.39 is 11.7 Å². The Labute approximate surface area is 118 Å². The summed E-state index contributed by atoms with van der Waals surface area (Å²) in [6.07, 6.45) is 0. The number of hydrogen-bond acceptors (Lipinski definition) is 2. The third kappa shape index (κ3) is 2.88. The summed E-state index contributed by atoms with van der Waals surface area (Å²) in [4.78, 5) is 12.3. The standard InChI is InChI=1S/C15H9BrFNO/c16-13-8-11(6-7-14(13)17)15(19)12(9-18)10-4-2-1-3-5-10/h1-8,12H. The molecule has 94 valence electrons. The van der Waals surface area contributed by atoms with Gasteiger partial charge < -0.3 is 0 Å². The van der Waals surface area contributed by atoms with Gasteiger partial charge in [0.25, 0.3) is 0 Å². The van der Waals surface area contributed by atoms with Crippen molar-refractivity contribution in [3.05, 3.63) is 69.9 Å². The molecule has 0 aromatic heterocycles. The normalized spacial score (nSPS) is 11.6. The molecule has 2 nitrogen and oxygen atoms in total. The number of benzene rings is 2. The maximum atomic E-state index is 13.1. The minimum absolute atomic E-state index is 0.211. The molecule has 2 aromatic carbocycles. The number of carbonyl (C=O) groups is 1. The van der Waals surface area contributed by atoms with Gasteiger partial charge in [-0.25, -0.2) is 4.39 Å². The molecule has 0 fully saturated rings. The molecular weight excluding hydrogens is 309 g/mol. The van der Waals surface area contributed by atoms with Crippen molar-refractivity contribution in [2.75, 3.05) is 0 Å². The average Bonchev–Trinajstić information content (AvgIpc) is 2.44.